The molecule has 0 bridgehead atoms. The van der Waals surface area contributed by atoms with Crippen molar-refractivity contribution in [1.82, 2.24) is 9.55 Å². The van der Waals surface area contributed by atoms with E-state index in [2.05, 4.69) is 17.2 Å². The maximum Gasteiger partial charge on any atom is 0.293 e. The molecule has 1 rings (SSSR count). The van der Waals surface area contributed by atoms with Crippen molar-refractivity contribution < 1.29 is 0 Å². The number of unbranched alkanes of at least 4 members (excludes halogenated alkanes) is 5. The van der Waals surface area contributed by atoms with Crippen LogP contribution in [0.25, 0.3) is 0 Å². The van der Waals surface area contributed by atoms with E-state index in [4.69, 9.17) is 0 Å². The Morgan fingerprint density at radius 2 is 1.89 bits per heavy atom. The van der Waals surface area contributed by atoms with Crippen molar-refractivity contribution >= 4 is 5.82 Å². The Balaban J connectivity index is 2.25. The van der Waals surface area contributed by atoms with Gasteiger partial charge in [-0.1, -0.05) is 39.0 Å². The van der Waals surface area contributed by atoms with Gasteiger partial charge in [-0.3, -0.25) is 4.79 Å². The molecule has 0 amide bonds. The lowest BCUT2D eigenvalue weighted by Crippen LogP contribution is -2.24. The van der Waals surface area contributed by atoms with Gasteiger partial charge in [-0.2, -0.15) is 0 Å². The van der Waals surface area contributed by atoms with Crippen LogP contribution in [0.4, 0.5) is 5.82 Å². The fourth-order valence-electron chi connectivity index (χ4n) is 1.93. The molecular weight excluding hydrogens is 226 g/mol. The average Bonchev–Trinajstić information content (AvgIpc) is 2.39. The van der Waals surface area contributed by atoms with Crippen LogP contribution >= 0.6 is 0 Å². The standard InChI is InChI=1S/C14H25N3O/c1-3-5-6-7-8-9-10-15-13-14(18)17(4-2)12-11-16-13/h11-12H,3-10H2,1-2H3,(H,15,16). The molecule has 0 unspecified atom stereocenters. The molecule has 0 aliphatic carbocycles. The fourth-order valence-corrected chi connectivity index (χ4v) is 1.93. The van der Waals surface area contributed by atoms with E-state index >= 15 is 0 Å². The SMILES string of the molecule is CCCCCCCCNc1nccn(CC)c1=O. The summed E-state index contributed by atoms with van der Waals surface area (Å²) in [5.41, 5.74) is -0.0222. The molecule has 0 saturated carbocycles. The summed E-state index contributed by atoms with van der Waals surface area (Å²) < 4.78 is 1.66. The number of aryl methyl sites for hydroxylation is 1. The third-order valence-electron chi connectivity index (χ3n) is 3.08. The lowest BCUT2D eigenvalue weighted by Gasteiger charge is -2.07. The monoisotopic (exact) mass is 251 g/mol. The average molecular weight is 251 g/mol. The lowest BCUT2D eigenvalue weighted by atomic mass is 10.1. The van der Waals surface area contributed by atoms with Crippen LogP contribution in [0.3, 0.4) is 0 Å². The van der Waals surface area contributed by atoms with Crippen molar-refractivity contribution in [2.45, 2.75) is 58.9 Å². The molecule has 0 spiro atoms. The summed E-state index contributed by atoms with van der Waals surface area (Å²) in [4.78, 5) is 15.9. The van der Waals surface area contributed by atoms with Crippen molar-refractivity contribution in [2.24, 2.45) is 0 Å². The predicted octanol–water partition coefficient (Wildman–Crippen LogP) is 3.04. The molecular formula is C14H25N3O. The van der Waals surface area contributed by atoms with E-state index in [1.807, 2.05) is 6.92 Å². The maximum absolute atomic E-state index is 11.8. The van der Waals surface area contributed by atoms with Gasteiger partial charge in [0, 0.05) is 25.5 Å². The van der Waals surface area contributed by atoms with Gasteiger partial charge in [0.2, 0.25) is 0 Å². The van der Waals surface area contributed by atoms with Gasteiger partial charge < -0.3 is 9.88 Å². The third kappa shape index (κ3) is 4.90. The van der Waals surface area contributed by atoms with Gasteiger partial charge in [-0.15, -0.1) is 0 Å². The van der Waals surface area contributed by atoms with Crippen LogP contribution < -0.4 is 10.9 Å². The minimum Gasteiger partial charge on any atom is -0.365 e. The van der Waals surface area contributed by atoms with E-state index in [-0.39, 0.29) is 5.56 Å². The minimum absolute atomic E-state index is 0.0222. The van der Waals surface area contributed by atoms with Crippen LogP contribution in [-0.4, -0.2) is 16.1 Å². The number of nitrogens with zero attached hydrogens (tertiary/aromatic N) is 2. The van der Waals surface area contributed by atoms with Crippen molar-refractivity contribution in [1.29, 1.82) is 0 Å². The number of hydrogen-bond donors (Lipinski definition) is 1. The molecule has 0 aliphatic rings. The summed E-state index contributed by atoms with van der Waals surface area (Å²) >= 11 is 0. The normalized spacial score (nSPS) is 10.6. The van der Waals surface area contributed by atoms with Crippen LogP contribution in [0, 0.1) is 0 Å². The first-order valence-electron chi connectivity index (χ1n) is 7.09. The van der Waals surface area contributed by atoms with Crippen LogP contribution in [0.5, 0.6) is 0 Å². The van der Waals surface area contributed by atoms with Gasteiger partial charge in [-0.25, -0.2) is 4.98 Å². The molecule has 0 fully saturated rings. The topological polar surface area (TPSA) is 46.9 Å². The Hall–Kier alpha value is -1.32. The van der Waals surface area contributed by atoms with E-state index in [1.54, 1.807) is 17.0 Å². The molecule has 0 aliphatic heterocycles. The highest BCUT2D eigenvalue weighted by molar-refractivity contribution is 5.30. The molecule has 18 heavy (non-hydrogen) atoms. The van der Waals surface area contributed by atoms with Gasteiger partial charge in [0.1, 0.15) is 0 Å². The van der Waals surface area contributed by atoms with Crippen molar-refractivity contribution in [3.05, 3.63) is 22.7 Å². The molecule has 1 aromatic heterocycles. The summed E-state index contributed by atoms with van der Waals surface area (Å²) in [7, 11) is 0. The molecule has 1 N–H and O–H groups in total. The second kappa shape index (κ2) is 8.72. The molecule has 4 heteroatoms. The number of nitrogens with one attached hydrogen (secondary N) is 1. The fraction of sp³-hybridized carbons (Fsp3) is 0.714. The largest absolute Gasteiger partial charge is 0.365 e. The van der Waals surface area contributed by atoms with Crippen LogP contribution in [0.15, 0.2) is 17.2 Å². The van der Waals surface area contributed by atoms with Gasteiger partial charge in [0.05, 0.1) is 0 Å². The number of aromatic nitrogens is 2. The molecule has 0 aromatic carbocycles. The van der Waals surface area contributed by atoms with Crippen LogP contribution in [0.2, 0.25) is 0 Å². The van der Waals surface area contributed by atoms with Gasteiger partial charge in [0.25, 0.3) is 5.56 Å². The Kier molecular flexibility index (Phi) is 7.14. The minimum atomic E-state index is -0.0222. The first-order valence-corrected chi connectivity index (χ1v) is 7.09. The van der Waals surface area contributed by atoms with E-state index in [0.29, 0.717) is 12.4 Å². The molecule has 0 saturated heterocycles. The quantitative estimate of drug-likeness (QED) is 0.686. The third-order valence-corrected chi connectivity index (χ3v) is 3.08. The zero-order valence-corrected chi connectivity index (χ0v) is 11.6. The van der Waals surface area contributed by atoms with Crippen LogP contribution in [-0.2, 0) is 6.54 Å². The molecule has 102 valence electrons. The maximum atomic E-state index is 11.8. The van der Waals surface area contributed by atoms with E-state index in [0.717, 1.165) is 13.0 Å². The number of hydrogen-bond acceptors (Lipinski definition) is 3. The molecule has 4 nitrogen and oxygen atoms in total. The highest BCUT2D eigenvalue weighted by Crippen LogP contribution is 2.05. The molecule has 1 heterocycles. The van der Waals surface area contributed by atoms with Gasteiger partial charge in [-0.05, 0) is 13.3 Å². The second-order valence-corrected chi connectivity index (χ2v) is 4.56. The van der Waals surface area contributed by atoms with E-state index in [1.165, 1.54) is 32.1 Å². The first kappa shape index (κ1) is 14.7. The first-order chi connectivity index (χ1) is 8.79. The Bertz CT molecular complexity index is 387. The Morgan fingerprint density at radius 1 is 1.17 bits per heavy atom. The van der Waals surface area contributed by atoms with Gasteiger partial charge >= 0.3 is 0 Å². The lowest BCUT2D eigenvalue weighted by molar-refractivity contribution is 0.616. The summed E-state index contributed by atoms with van der Waals surface area (Å²) in [5.74, 6) is 0.480. The summed E-state index contributed by atoms with van der Waals surface area (Å²) in [5, 5.41) is 3.13. The second-order valence-electron chi connectivity index (χ2n) is 4.56. The zero-order valence-electron chi connectivity index (χ0n) is 11.6. The summed E-state index contributed by atoms with van der Waals surface area (Å²) in [6, 6.07) is 0. The molecule has 0 radical (unpaired) electrons. The molecule has 1 aromatic rings. The van der Waals surface area contributed by atoms with Crippen LogP contribution in [0.1, 0.15) is 52.4 Å². The Labute approximate surface area is 109 Å². The predicted molar refractivity (Wildman–Crippen MR) is 76.0 cm³/mol. The highest BCUT2D eigenvalue weighted by Gasteiger charge is 2.01. The van der Waals surface area contributed by atoms with Gasteiger partial charge in [0.15, 0.2) is 5.82 Å². The summed E-state index contributed by atoms with van der Waals surface area (Å²) in [6.45, 7) is 5.70. The van der Waals surface area contributed by atoms with E-state index in [9.17, 15) is 4.79 Å². The highest BCUT2D eigenvalue weighted by atomic mass is 16.1. The smallest absolute Gasteiger partial charge is 0.293 e. The van der Waals surface area contributed by atoms with E-state index < -0.39 is 0 Å². The summed E-state index contributed by atoms with van der Waals surface area (Å²) in [6.07, 6.45) is 10.9. The number of rotatable bonds is 9. The van der Waals surface area contributed by atoms with Crippen molar-refractivity contribution in [3.63, 3.8) is 0 Å². The number of anilines is 1. The van der Waals surface area contributed by atoms with Crippen molar-refractivity contribution in [2.75, 3.05) is 11.9 Å². The van der Waals surface area contributed by atoms with Crippen molar-refractivity contribution in [3.8, 4) is 0 Å². The zero-order chi connectivity index (χ0) is 13.2. The molecule has 0 atom stereocenters. The Morgan fingerprint density at radius 3 is 2.61 bits per heavy atom.